The zero-order chi connectivity index (χ0) is 10.8. The van der Waals surface area contributed by atoms with E-state index in [4.69, 9.17) is 15.5 Å². The first-order valence-corrected chi connectivity index (χ1v) is 6.51. The smallest absolute Gasteiger partial charge is 0.358 e. The van der Waals surface area contributed by atoms with Gasteiger partial charge in [0, 0.05) is 12.5 Å². The van der Waals surface area contributed by atoms with Crippen LogP contribution in [0.25, 0.3) is 0 Å². The number of hydrogen-bond donors (Lipinski definition) is 4. The Labute approximate surface area is 83.5 Å². The van der Waals surface area contributed by atoms with E-state index in [-0.39, 0.29) is 12.5 Å². The summed E-state index contributed by atoms with van der Waals surface area (Å²) in [6, 6.07) is 0. The molecule has 1 saturated carbocycles. The normalized spacial score (nSPS) is 24.6. The molecule has 1 rings (SSSR count). The van der Waals surface area contributed by atoms with Gasteiger partial charge in [0.2, 0.25) is 0 Å². The summed E-state index contributed by atoms with van der Waals surface area (Å²) in [5, 5.41) is 7.89. The van der Waals surface area contributed by atoms with Gasteiger partial charge in [-0.1, -0.05) is 19.3 Å². The van der Waals surface area contributed by atoms with E-state index in [2.05, 4.69) is 0 Å². The zero-order valence-corrected chi connectivity index (χ0v) is 8.99. The second-order valence-corrected chi connectivity index (χ2v) is 5.82. The van der Waals surface area contributed by atoms with E-state index < -0.39 is 12.9 Å². The van der Waals surface area contributed by atoms with Gasteiger partial charge in [0.15, 0.2) is 5.34 Å². The van der Waals surface area contributed by atoms with Gasteiger partial charge in [-0.15, -0.1) is 0 Å². The molecule has 84 valence electrons. The van der Waals surface area contributed by atoms with E-state index in [1.54, 1.807) is 0 Å². The molecule has 1 aliphatic carbocycles. The standard InChI is InChI=1S/C8H18NO4P/c9-6-8(10,14(11,12)13)7-4-2-1-3-5-7/h7,10H,1-6,9H2,(H2,11,12,13). The van der Waals surface area contributed by atoms with Crippen LogP contribution in [0, 0.1) is 5.92 Å². The third-order valence-electron chi connectivity index (χ3n) is 3.06. The molecule has 0 saturated heterocycles. The van der Waals surface area contributed by atoms with Gasteiger partial charge in [-0.2, -0.15) is 0 Å². The van der Waals surface area contributed by atoms with E-state index in [1.165, 1.54) is 0 Å². The van der Waals surface area contributed by atoms with E-state index in [1.807, 2.05) is 0 Å². The van der Waals surface area contributed by atoms with Gasteiger partial charge in [-0.05, 0) is 12.8 Å². The van der Waals surface area contributed by atoms with E-state index in [0.717, 1.165) is 19.3 Å². The van der Waals surface area contributed by atoms with Crippen LogP contribution in [0.15, 0.2) is 0 Å². The largest absolute Gasteiger partial charge is 0.376 e. The maximum atomic E-state index is 11.1. The minimum Gasteiger partial charge on any atom is -0.376 e. The summed E-state index contributed by atoms with van der Waals surface area (Å²) in [5.74, 6) is -0.359. The average molecular weight is 223 g/mol. The Bertz CT molecular complexity index is 235. The fourth-order valence-corrected chi connectivity index (χ4v) is 3.06. The summed E-state index contributed by atoms with van der Waals surface area (Å²) >= 11 is 0. The molecular weight excluding hydrogens is 205 g/mol. The molecule has 0 radical (unpaired) electrons. The molecule has 14 heavy (non-hydrogen) atoms. The zero-order valence-electron chi connectivity index (χ0n) is 8.09. The highest BCUT2D eigenvalue weighted by atomic mass is 31.2. The average Bonchev–Trinajstić information content (AvgIpc) is 2.16. The van der Waals surface area contributed by atoms with E-state index in [0.29, 0.717) is 12.8 Å². The van der Waals surface area contributed by atoms with Gasteiger partial charge in [0.1, 0.15) is 0 Å². The Morgan fingerprint density at radius 1 is 1.29 bits per heavy atom. The predicted octanol–water partition coefficient (Wildman–Crippen LogP) is 0.392. The van der Waals surface area contributed by atoms with Crippen molar-refractivity contribution in [2.45, 2.75) is 37.4 Å². The number of aliphatic hydroxyl groups is 1. The molecule has 1 atom stereocenters. The van der Waals surface area contributed by atoms with E-state index in [9.17, 15) is 9.67 Å². The second-order valence-electron chi connectivity index (χ2n) is 3.96. The van der Waals surface area contributed by atoms with Crippen LogP contribution in [0.1, 0.15) is 32.1 Å². The highest BCUT2D eigenvalue weighted by Gasteiger charge is 2.50. The molecule has 0 spiro atoms. The van der Waals surface area contributed by atoms with Crippen molar-refractivity contribution in [3.05, 3.63) is 0 Å². The van der Waals surface area contributed by atoms with Crippen LogP contribution in [0.4, 0.5) is 0 Å². The lowest BCUT2D eigenvalue weighted by atomic mass is 9.85. The fourth-order valence-electron chi connectivity index (χ4n) is 2.09. The van der Waals surface area contributed by atoms with Crippen molar-refractivity contribution in [1.82, 2.24) is 0 Å². The number of nitrogens with two attached hydrogens (primary N) is 1. The summed E-state index contributed by atoms with van der Waals surface area (Å²) in [5.41, 5.74) is 5.28. The molecule has 1 fully saturated rings. The molecule has 1 unspecified atom stereocenters. The van der Waals surface area contributed by atoms with Crippen molar-refractivity contribution in [3.8, 4) is 0 Å². The lowest BCUT2D eigenvalue weighted by Crippen LogP contribution is -2.45. The monoisotopic (exact) mass is 223 g/mol. The fraction of sp³-hybridized carbons (Fsp3) is 1.00. The molecule has 5 nitrogen and oxygen atoms in total. The summed E-state index contributed by atoms with van der Waals surface area (Å²) in [6.45, 7) is -0.373. The van der Waals surface area contributed by atoms with E-state index >= 15 is 0 Å². The summed E-state index contributed by atoms with van der Waals surface area (Å²) in [6.07, 6.45) is 4.19. The topological polar surface area (TPSA) is 104 Å². The Morgan fingerprint density at radius 3 is 2.14 bits per heavy atom. The number of rotatable bonds is 3. The summed E-state index contributed by atoms with van der Waals surface area (Å²) < 4.78 is 11.1. The molecule has 1 aliphatic rings. The maximum Gasteiger partial charge on any atom is 0.358 e. The SMILES string of the molecule is NCC(O)(C1CCCCC1)P(=O)(O)O. The van der Waals surface area contributed by atoms with Gasteiger partial charge in [0.25, 0.3) is 0 Å². The van der Waals surface area contributed by atoms with Crippen LogP contribution in [-0.4, -0.2) is 26.8 Å². The van der Waals surface area contributed by atoms with Gasteiger partial charge in [-0.3, -0.25) is 4.57 Å². The predicted molar refractivity (Wildman–Crippen MR) is 52.6 cm³/mol. The minimum absolute atomic E-state index is 0.359. The quantitative estimate of drug-likeness (QED) is 0.518. The molecule has 0 aromatic rings. The maximum absolute atomic E-state index is 11.1. The first-order valence-electron chi connectivity index (χ1n) is 4.90. The lowest BCUT2D eigenvalue weighted by molar-refractivity contribution is 0.0250. The lowest BCUT2D eigenvalue weighted by Gasteiger charge is -2.37. The van der Waals surface area contributed by atoms with Crippen LogP contribution in [-0.2, 0) is 4.57 Å². The van der Waals surface area contributed by atoms with Crippen molar-refractivity contribution in [3.63, 3.8) is 0 Å². The highest BCUT2D eigenvalue weighted by molar-refractivity contribution is 7.53. The number of hydrogen-bond acceptors (Lipinski definition) is 3. The molecule has 0 amide bonds. The van der Waals surface area contributed by atoms with Gasteiger partial charge < -0.3 is 20.6 Å². The van der Waals surface area contributed by atoms with Crippen LogP contribution in [0.5, 0.6) is 0 Å². The van der Waals surface area contributed by atoms with Crippen LogP contribution in [0.2, 0.25) is 0 Å². The van der Waals surface area contributed by atoms with Gasteiger partial charge in [0.05, 0.1) is 0 Å². The van der Waals surface area contributed by atoms with Crippen LogP contribution in [0.3, 0.4) is 0 Å². The third-order valence-corrected chi connectivity index (χ3v) is 4.62. The first-order chi connectivity index (χ1) is 6.42. The third kappa shape index (κ3) is 2.18. The van der Waals surface area contributed by atoms with Crippen LogP contribution >= 0.6 is 7.60 Å². The molecule has 5 N–H and O–H groups in total. The molecule has 0 aromatic heterocycles. The van der Waals surface area contributed by atoms with Crippen molar-refractivity contribution in [2.24, 2.45) is 11.7 Å². The molecule has 0 aromatic carbocycles. The molecule has 0 aliphatic heterocycles. The minimum atomic E-state index is -4.53. The summed E-state index contributed by atoms with van der Waals surface area (Å²) in [4.78, 5) is 18.1. The van der Waals surface area contributed by atoms with Crippen molar-refractivity contribution < 1.29 is 19.5 Å². The first kappa shape index (κ1) is 12.1. The Balaban J connectivity index is 2.82. The van der Waals surface area contributed by atoms with Gasteiger partial charge in [-0.25, -0.2) is 0 Å². The van der Waals surface area contributed by atoms with Gasteiger partial charge >= 0.3 is 7.60 Å². The molecule has 0 bridgehead atoms. The Kier molecular flexibility index (Phi) is 3.72. The van der Waals surface area contributed by atoms with Crippen LogP contribution < -0.4 is 5.73 Å². The Morgan fingerprint density at radius 2 is 1.79 bits per heavy atom. The second kappa shape index (κ2) is 4.29. The molecule has 6 heteroatoms. The summed E-state index contributed by atoms with van der Waals surface area (Å²) in [7, 11) is -4.53. The van der Waals surface area contributed by atoms with Crippen molar-refractivity contribution in [1.29, 1.82) is 0 Å². The Hall–Kier alpha value is 0.0700. The highest BCUT2D eigenvalue weighted by Crippen LogP contribution is 2.55. The molecule has 0 heterocycles. The molecular formula is C8H18NO4P. The van der Waals surface area contributed by atoms with Crippen molar-refractivity contribution >= 4 is 7.60 Å². The van der Waals surface area contributed by atoms with Crippen molar-refractivity contribution in [2.75, 3.05) is 6.54 Å².